The van der Waals surface area contributed by atoms with Gasteiger partial charge in [0.15, 0.2) is 6.61 Å². The van der Waals surface area contributed by atoms with Gasteiger partial charge in [-0.25, -0.2) is 0 Å². The van der Waals surface area contributed by atoms with E-state index in [2.05, 4.69) is 26.6 Å². The predicted molar refractivity (Wildman–Crippen MR) is 135 cm³/mol. The molecule has 0 aromatic heterocycles. The Labute approximate surface area is 210 Å². The highest BCUT2D eigenvalue weighted by Crippen LogP contribution is 2.27. The lowest BCUT2D eigenvalue weighted by Gasteiger charge is -2.12. The lowest BCUT2D eigenvalue weighted by atomic mass is 10.1. The Morgan fingerprint density at radius 3 is 2.50 bits per heavy atom. The van der Waals surface area contributed by atoms with Gasteiger partial charge in [-0.05, 0) is 60.7 Å². The third-order valence-electron chi connectivity index (χ3n) is 4.48. The number of nitrogens with zero attached hydrogens (tertiary/aromatic N) is 1. The maximum atomic E-state index is 12.6. The summed E-state index contributed by atoms with van der Waals surface area (Å²) in [6, 6.07) is 20.5. The SMILES string of the molecule is COc1ccccc1NC(=O)COc1ccc(Br)cc1/C=C(/C#N)C(=O)Nc1ccc(Cl)cc1. The Hall–Kier alpha value is -3.80. The molecular weight excluding hydrogens is 522 g/mol. The van der Waals surface area contributed by atoms with Gasteiger partial charge < -0.3 is 20.1 Å². The highest BCUT2D eigenvalue weighted by Gasteiger charge is 2.13. The summed E-state index contributed by atoms with van der Waals surface area (Å²) in [4.78, 5) is 25.0. The lowest BCUT2D eigenvalue weighted by molar-refractivity contribution is -0.118. The summed E-state index contributed by atoms with van der Waals surface area (Å²) in [5.74, 6) is -0.146. The molecule has 3 aromatic rings. The molecule has 7 nitrogen and oxygen atoms in total. The van der Waals surface area contributed by atoms with Crippen LogP contribution in [-0.2, 0) is 9.59 Å². The maximum Gasteiger partial charge on any atom is 0.266 e. The smallest absolute Gasteiger partial charge is 0.266 e. The maximum absolute atomic E-state index is 12.6. The van der Waals surface area contributed by atoms with Gasteiger partial charge in [-0.1, -0.05) is 39.7 Å². The molecule has 0 fully saturated rings. The second kappa shape index (κ2) is 11.9. The van der Waals surface area contributed by atoms with Crippen LogP contribution in [0.2, 0.25) is 5.02 Å². The molecule has 0 aliphatic rings. The fourth-order valence-electron chi connectivity index (χ4n) is 2.88. The van der Waals surface area contributed by atoms with E-state index in [1.54, 1.807) is 66.7 Å². The minimum Gasteiger partial charge on any atom is -0.495 e. The van der Waals surface area contributed by atoms with Crippen LogP contribution in [0.3, 0.4) is 0 Å². The number of carbonyl (C=O) groups excluding carboxylic acids is 2. The van der Waals surface area contributed by atoms with Crippen molar-refractivity contribution in [1.29, 1.82) is 5.26 Å². The summed E-state index contributed by atoms with van der Waals surface area (Å²) in [6.07, 6.45) is 1.39. The molecule has 3 aromatic carbocycles. The minimum atomic E-state index is -0.593. The van der Waals surface area contributed by atoms with Crippen LogP contribution >= 0.6 is 27.5 Å². The van der Waals surface area contributed by atoms with Gasteiger partial charge in [0, 0.05) is 20.7 Å². The number of hydrogen-bond acceptors (Lipinski definition) is 5. The van der Waals surface area contributed by atoms with Crippen molar-refractivity contribution in [3.05, 3.63) is 87.4 Å². The first-order valence-corrected chi connectivity index (χ1v) is 11.1. The molecule has 3 rings (SSSR count). The van der Waals surface area contributed by atoms with E-state index < -0.39 is 11.8 Å². The highest BCUT2D eigenvalue weighted by molar-refractivity contribution is 9.10. The molecule has 2 N–H and O–H groups in total. The molecular formula is C25H19BrClN3O4. The van der Waals surface area contributed by atoms with Gasteiger partial charge >= 0.3 is 0 Å². The van der Waals surface area contributed by atoms with E-state index in [1.807, 2.05) is 6.07 Å². The molecule has 0 spiro atoms. The topological polar surface area (TPSA) is 100 Å². The molecule has 0 heterocycles. The highest BCUT2D eigenvalue weighted by atomic mass is 79.9. The van der Waals surface area contributed by atoms with Crippen molar-refractivity contribution in [2.45, 2.75) is 0 Å². The quantitative estimate of drug-likeness (QED) is 0.283. The molecule has 2 amide bonds. The Morgan fingerprint density at radius 1 is 1.06 bits per heavy atom. The fraction of sp³-hybridized carbons (Fsp3) is 0.0800. The molecule has 0 aliphatic heterocycles. The van der Waals surface area contributed by atoms with Crippen LogP contribution in [0.5, 0.6) is 11.5 Å². The second-order valence-corrected chi connectivity index (χ2v) is 8.20. The number of benzene rings is 3. The molecule has 172 valence electrons. The number of nitrogens with one attached hydrogen (secondary N) is 2. The number of para-hydroxylation sites is 2. The summed E-state index contributed by atoms with van der Waals surface area (Å²) >= 11 is 9.23. The zero-order chi connectivity index (χ0) is 24.5. The normalized spacial score (nSPS) is 10.7. The van der Waals surface area contributed by atoms with Gasteiger partial charge in [0.1, 0.15) is 23.1 Å². The number of nitriles is 1. The van der Waals surface area contributed by atoms with E-state index >= 15 is 0 Å². The Morgan fingerprint density at radius 2 is 1.79 bits per heavy atom. The third kappa shape index (κ3) is 6.85. The molecule has 0 unspecified atom stereocenters. The number of rotatable bonds is 8. The Balaban J connectivity index is 1.74. The van der Waals surface area contributed by atoms with Crippen LogP contribution in [0.25, 0.3) is 6.08 Å². The largest absolute Gasteiger partial charge is 0.495 e. The zero-order valence-electron chi connectivity index (χ0n) is 18.0. The van der Waals surface area contributed by atoms with Gasteiger partial charge in [-0.2, -0.15) is 5.26 Å². The van der Waals surface area contributed by atoms with Crippen LogP contribution in [0, 0.1) is 11.3 Å². The number of methoxy groups -OCH3 is 1. The summed E-state index contributed by atoms with van der Waals surface area (Å²) < 4.78 is 11.6. The monoisotopic (exact) mass is 539 g/mol. The van der Waals surface area contributed by atoms with Crippen molar-refractivity contribution in [3.8, 4) is 17.6 Å². The number of amides is 2. The van der Waals surface area contributed by atoms with Gasteiger partial charge in [-0.3, -0.25) is 9.59 Å². The summed E-state index contributed by atoms with van der Waals surface area (Å²) in [5.41, 5.74) is 1.31. The van der Waals surface area contributed by atoms with E-state index in [4.69, 9.17) is 21.1 Å². The first kappa shape index (κ1) is 24.8. The predicted octanol–water partition coefficient (Wildman–Crippen LogP) is 5.67. The molecule has 0 saturated heterocycles. The Bertz CT molecular complexity index is 1270. The van der Waals surface area contributed by atoms with Crippen LogP contribution in [-0.4, -0.2) is 25.5 Å². The molecule has 34 heavy (non-hydrogen) atoms. The molecule has 0 saturated carbocycles. The summed E-state index contributed by atoms with van der Waals surface area (Å²) in [6.45, 7) is -0.292. The van der Waals surface area contributed by atoms with E-state index in [-0.39, 0.29) is 12.2 Å². The Kier molecular flexibility index (Phi) is 8.68. The fourth-order valence-corrected chi connectivity index (χ4v) is 3.38. The van der Waals surface area contributed by atoms with Gasteiger partial charge in [-0.15, -0.1) is 0 Å². The van der Waals surface area contributed by atoms with Gasteiger partial charge in [0.2, 0.25) is 0 Å². The van der Waals surface area contributed by atoms with Gasteiger partial charge in [0.25, 0.3) is 11.8 Å². The minimum absolute atomic E-state index is 0.142. The number of carbonyl (C=O) groups is 2. The van der Waals surface area contributed by atoms with Crippen molar-refractivity contribution < 1.29 is 19.1 Å². The first-order valence-electron chi connectivity index (χ1n) is 9.93. The second-order valence-electron chi connectivity index (χ2n) is 6.85. The molecule has 0 bridgehead atoms. The molecule has 0 atom stereocenters. The summed E-state index contributed by atoms with van der Waals surface area (Å²) in [5, 5.41) is 15.4. The molecule has 0 radical (unpaired) electrons. The average Bonchev–Trinajstić information content (AvgIpc) is 2.83. The molecule has 9 heteroatoms. The average molecular weight is 541 g/mol. The van der Waals surface area contributed by atoms with Crippen LogP contribution in [0.1, 0.15) is 5.56 Å². The van der Waals surface area contributed by atoms with Crippen molar-refractivity contribution in [2.24, 2.45) is 0 Å². The number of anilines is 2. The number of ether oxygens (including phenoxy) is 2. The van der Waals surface area contributed by atoms with E-state index in [0.29, 0.717) is 37.9 Å². The number of hydrogen-bond donors (Lipinski definition) is 2. The van der Waals surface area contributed by atoms with Crippen LogP contribution < -0.4 is 20.1 Å². The lowest BCUT2D eigenvalue weighted by Crippen LogP contribution is -2.20. The van der Waals surface area contributed by atoms with E-state index in [9.17, 15) is 14.9 Å². The van der Waals surface area contributed by atoms with Crippen molar-refractivity contribution in [2.75, 3.05) is 24.4 Å². The zero-order valence-corrected chi connectivity index (χ0v) is 20.3. The van der Waals surface area contributed by atoms with Crippen LogP contribution in [0.15, 0.2) is 76.8 Å². The van der Waals surface area contributed by atoms with Gasteiger partial charge in [0.05, 0.1) is 12.8 Å². The van der Waals surface area contributed by atoms with Crippen molar-refractivity contribution in [3.63, 3.8) is 0 Å². The van der Waals surface area contributed by atoms with Crippen LogP contribution in [0.4, 0.5) is 11.4 Å². The first-order chi connectivity index (χ1) is 16.4. The van der Waals surface area contributed by atoms with E-state index in [0.717, 1.165) is 0 Å². The van der Waals surface area contributed by atoms with Crippen molar-refractivity contribution in [1.82, 2.24) is 0 Å². The molecule has 0 aliphatic carbocycles. The summed E-state index contributed by atoms with van der Waals surface area (Å²) in [7, 11) is 1.51. The standard InChI is InChI=1S/C25H19BrClN3O4/c1-33-23-5-3-2-4-21(23)30-24(31)15-34-22-11-6-18(26)13-16(22)12-17(14-28)25(32)29-20-9-7-19(27)8-10-20/h2-13H,15H2,1H3,(H,29,32)(H,30,31)/b17-12-. The van der Waals surface area contributed by atoms with E-state index in [1.165, 1.54) is 13.2 Å². The number of halogens is 2. The third-order valence-corrected chi connectivity index (χ3v) is 5.22. The van der Waals surface area contributed by atoms with Crippen molar-refractivity contribution >= 4 is 56.8 Å².